The quantitative estimate of drug-likeness (QED) is 0.197. The molecule has 1 saturated carbocycles. The summed E-state index contributed by atoms with van der Waals surface area (Å²) in [6.07, 6.45) is 2.45. The number of allylic oxidation sites excluding steroid dienone is 2. The molecule has 0 unspecified atom stereocenters. The molecular weight excluding hydrogens is 618 g/mol. The highest BCUT2D eigenvalue weighted by Crippen LogP contribution is 2.65. The Morgan fingerprint density at radius 3 is 2.18 bits per heavy atom. The maximum Gasteiger partial charge on any atom is 0.260 e. The average molecular weight is 654 g/mol. The van der Waals surface area contributed by atoms with E-state index in [1.165, 1.54) is 18.1 Å². The number of nitrogens with one attached hydrogen (secondary N) is 1. The Morgan fingerprint density at radius 1 is 0.816 bits per heavy atom. The zero-order valence-electron chi connectivity index (χ0n) is 27.1. The first-order valence-corrected chi connectivity index (χ1v) is 16.5. The van der Waals surface area contributed by atoms with Gasteiger partial charge in [-0.3, -0.25) is 29.5 Å². The highest BCUT2D eigenvalue weighted by molar-refractivity contribution is 6.22. The molecule has 4 aromatic carbocycles. The molecule has 0 aromatic heterocycles. The van der Waals surface area contributed by atoms with Gasteiger partial charge in [0.2, 0.25) is 11.8 Å². The smallest absolute Gasteiger partial charge is 0.260 e. The third-order valence-electron chi connectivity index (χ3n) is 11.0. The minimum Gasteiger partial charge on any atom is -0.508 e. The number of rotatable bonds is 6. The number of methoxy groups -OCH3 is 1. The van der Waals surface area contributed by atoms with Crippen molar-refractivity contribution in [3.63, 3.8) is 0 Å². The number of para-hydroxylation sites is 1. The zero-order chi connectivity index (χ0) is 34.0. The largest absolute Gasteiger partial charge is 0.508 e. The van der Waals surface area contributed by atoms with Gasteiger partial charge in [0.25, 0.3) is 11.8 Å². The van der Waals surface area contributed by atoms with Crippen LogP contribution in [0.1, 0.15) is 35.4 Å². The van der Waals surface area contributed by atoms with Crippen LogP contribution in [0.3, 0.4) is 0 Å². The van der Waals surface area contributed by atoms with E-state index in [1.54, 1.807) is 36.4 Å². The molecule has 0 radical (unpaired) electrons. The number of ether oxygens (including phenoxy) is 1. The summed E-state index contributed by atoms with van der Waals surface area (Å²) in [5.41, 5.74) is 5.59. The first-order valence-electron chi connectivity index (χ1n) is 16.5. The van der Waals surface area contributed by atoms with Gasteiger partial charge in [-0.05, 0) is 61.6 Å². The fraction of sp³-hybridized carbons (Fsp3) is 0.250. The molecule has 0 bridgehead atoms. The van der Waals surface area contributed by atoms with Crippen LogP contribution >= 0.6 is 0 Å². The summed E-state index contributed by atoms with van der Waals surface area (Å²) in [4.78, 5) is 59.5. The van der Waals surface area contributed by atoms with Gasteiger partial charge in [0, 0.05) is 17.5 Å². The van der Waals surface area contributed by atoms with E-state index >= 15 is 4.79 Å². The van der Waals surface area contributed by atoms with Crippen molar-refractivity contribution in [2.75, 3.05) is 17.4 Å². The van der Waals surface area contributed by atoms with E-state index in [9.17, 15) is 19.5 Å². The third-order valence-corrected chi connectivity index (χ3v) is 11.0. The second kappa shape index (κ2) is 11.5. The van der Waals surface area contributed by atoms with Crippen molar-refractivity contribution < 1.29 is 29.0 Å². The number of hydrogen-bond donors (Lipinski definition) is 2. The molecule has 2 aliphatic heterocycles. The van der Waals surface area contributed by atoms with E-state index in [-0.39, 0.29) is 24.0 Å². The summed E-state index contributed by atoms with van der Waals surface area (Å²) in [7, 11) is 1.51. The maximum absolute atomic E-state index is 15.2. The minimum absolute atomic E-state index is 0.0907. The fourth-order valence-corrected chi connectivity index (χ4v) is 8.82. The normalized spacial score (nSPS) is 27.4. The fourth-order valence-electron chi connectivity index (χ4n) is 8.82. The van der Waals surface area contributed by atoms with Gasteiger partial charge in [-0.1, -0.05) is 83.9 Å². The Bertz CT molecular complexity index is 2030. The number of carbonyl (C=O) groups excluding carboxylic acids is 4. The molecule has 2 saturated heterocycles. The molecule has 3 fully saturated rings. The van der Waals surface area contributed by atoms with E-state index in [2.05, 4.69) is 5.43 Å². The molecular formula is C40H35N3O6. The number of carbonyl (C=O) groups is 4. The molecule has 246 valence electrons. The van der Waals surface area contributed by atoms with Gasteiger partial charge in [0.05, 0.1) is 41.7 Å². The van der Waals surface area contributed by atoms with Crippen molar-refractivity contribution in [2.24, 2.45) is 23.7 Å². The van der Waals surface area contributed by atoms with Gasteiger partial charge >= 0.3 is 0 Å². The lowest BCUT2D eigenvalue weighted by molar-refractivity contribution is -0.138. The Kier molecular flexibility index (Phi) is 7.17. The van der Waals surface area contributed by atoms with Crippen LogP contribution in [0.25, 0.3) is 0 Å². The molecule has 9 nitrogen and oxygen atoms in total. The number of phenolic OH excluding ortho intramolecular Hbond substituents is 1. The van der Waals surface area contributed by atoms with Gasteiger partial charge in [-0.2, -0.15) is 5.01 Å². The molecule has 2 N–H and O–H groups in total. The van der Waals surface area contributed by atoms with E-state index in [0.29, 0.717) is 34.7 Å². The second-order valence-electron chi connectivity index (χ2n) is 13.4. The molecule has 4 aliphatic rings. The topological polar surface area (TPSA) is 116 Å². The molecule has 4 aromatic rings. The molecule has 4 amide bonds. The number of fused-ring (bicyclic) bond motifs is 4. The van der Waals surface area contributed by atoms with Gasteiger partial charge < -0.3 is 9.84 Å². The number of hydrogen-bond acceptors (Lipinski definition) is 7. The number of imide groups is 2. The summed E-state index contributed by atoms with van der Waals surface area (Å²) in [6.45, 7) is 1.96. The SMILES string of the molecule is COc1ccc([C@H]2C3=CC[C@@H]4C(=O)N(c5ccccc5)C(=O)[C@@H]4[C@@H]3C[C@H]3C(=O)N(Nc4ccc(C)cc4)C(=O)[C@@]23c2ccccc2)c(O)c1. The van der Waals surface area contributed by atoms with Crippen LogP contribution in [0.4, 0.5) is 11.4 Å². The monoisotopic (exact) mass is 653 g/mol. The van der Waals surface area contributed by atoms with Gasteiger partial charge in [-0.25, -0.2) is 0 Å². The number of phenols is 1. The number of anilines is 2. The third kappa shape index (κ3) is 4.45. The Balaban J connectivity index is 1.33. The van der Waals surface area contributed by atoms with Gasteiger partial charge in [-0.15, -0.1) is 0 Å². The molecule has 8 rings (SSSR count). The number of amides is 4. The summed E-state index contributed by atoms with van der Waals surface area (Å²) >= 11 is 0. The lowest BCUT2D eigenvalue weighted by Gasteiger charge is -2.50. The molecule has 6 atom stereocenters. The standard InChI is InChI=1S/C40H35N3O6/c1-23-13-15-25(16-14-23)41-43-37(46)32-22-31-28(19-20-30-34(31)38(47)42(36(30)45)26-11-7-4-8-12-26)35(29-18-17-27(49-2)21-33(29)44)40(32,39(43)48)24-9-5-3-6-10-24/h3-19,21,30-32,34-35,41,44H,20,22H2,1-2H3/t30-,31+,32-,34-,35+,40+/m0/s1. The molecule has 2 heterocycles. The van der Waals surface area contributed by atoms with Crippen LogP contribution in [0.5, 0.6) is 11.5 Å². The molecule has 9 heteroatoms. The van der Waals surface area contributed by atoms with E-state index < -0.39 is 46.8 Å². The molecule has 0 spiro atoms. The van der Waals surface area contributed by atoms with Gasteiger partial charge in [0.15, 0.2) is 0 Å². The van der Waals surface area contributed by atoms with Crippen molar-refractivity contribution in [2.45, 2.75) is 31.1 Å². The van der Waals surface area contributed by atoms with Crippen LogP contribution in [0, 0.1) is 30.6 Å². The number of nitrogens with zero attached hydrogens (tertiary/aromatic N) is 2. The molecule has 2 aliphatic carbocycles. The number of aromatic hydroxyl groups is 1. The first-order chi connectivity index (χ1) is 23.7. The van der Waals surface area contributed by atoms with Crippen molar-refractivity contribution in [3.05, 3.63) is 131 Å². The van der Waals surface area contributed by atoms with Crippen LogP contribution < -0.4 is 15.1 Å². The zero-order valence-corrected chi connectivity index (χ0v) is 27.1. The Morgan fingerprint density at radius 2 is 1.51 bits per heavy atom. The Labute approximate surface area is 283 Å². The van der Waals surface area contributed by atoms with E-state index in [1.807, 2.05) is 73.7 Å². The van der Waals surface area contributed by atoms with Crippen molar-refractivity contribution in [3.8, 4) is 11.5 Å². The van der Waals surface area contributed by atoms with Crippen LogP contribution in [-0.2, 0) is 24.6 Å². The number of benzene rings is 4. The summed E-state index contributed by atoms with van der Waals surface area (Å²) in [5.74, 6) is -4.73. The lowest BCUT2D eigenvalue weighted by atomic mass is 9.49. The van der Waals surface area contributed by atoms with E-state index in [0.717, 1.165) is 16.1 Å². The van der Waals surface area contributed by atoms with Crippen molar-refractivity contribution in [1.82, 2.24) is 5.01 Å². The van der Waals surface area contributed by atoms with Crippen LogP contribution in [0.2, 0.25) is 0 Å². The molecule has 49 heavy (non-hydrogen) atoms. The van der Waals surface area contributed by atoms with Gasteiger partial charge in [0.1, 0.15) is 11.5 Å². The number of hydrazine groups is 1. The highest BCUT2D eigenvalue weighted by atomic mass is 16.5. The second-order valence-corrected chi connectivity index (χ2v) is 13.4. The summed E-state index contributed by atoms with van der Waals surface area (Å²) in [6, 6.07) is 30.5. The van der Waals surface area contributed by atoms with Crippen molar-refractivity contribution >= 4 is 35.0 Å². The van der Waals surface area contributed by atoms with Crippen molar-refractivity contribution in [1.29, 1.82) is 0 Å². The highest BCUT2D eigenvalue weighted by Gasteiger charge is 2.70. The Hall–Kier alpha value is -5.70. The summed E-state index contributed by atoms with van der Waals surface area (Å²) < 4.78 is 5.41. The predicted molar refractivity (Wildman–Crippen MR) is 182 cm³/mol. The first kappa shape index (κ1) is 30.6. The van der Waals surface area contributed by atoms with Crippen LogP contribution in [0.15, 0.2) is 115 Å². The average Bonchev–Trinajstić information content (AvgIpc) is 3.50. The van der Waals surface area contributed by atoms with E-state index in [4.69, 9.17) is 4.74 Å². The minimum atomic E-state index is -1.47. The predicted octanol–water partition coefficient (Wildman–Crippen LogP) is 5.90. The van der Waals surface area contributed by atoms with Crippen LogP contribution in [-0.4, -0.2) is 40.9 Å². The lowest BCUT2D eigenvalue weighted by Crippen LogP contribution is -2.53. The number of aryl methyl sites for hydroxylation is 1. The summed E-state index contributed by atoms with van der Waals surface area (Å²) in [5, 5.41) is 12.8. The maximum atomic E-state index is 15.2.